The Hall–Kier alpha value is -1.77. The first kappa shape index (κ1) is 16.1. The molecule has 7 nitrogen and oxygen atoms in total. The van der Waals surface area contributed by atoms with Crippen molar-refractivity contribution in [3.8, 4) is 0 Å². The summed E-state index contributed by atoms with van der Waals surface area (Å²) in [4.78, 5) is 2.03. The zero-order valence-corrected chi connectivity index (χ0v) is 14.1. The molecule has 1 aromatic heterocycles. The number of para-hydroxylation sites is 1. The Morgan fingerprint density at radius 2 is 1.87 bits per heavy atom. The Kier molecular flexibility index (Phi) is 4.22. The number of hydrogen-bond donors (Lipinski definition) is 1. The van der Waals surface area contributed by atoms with Crippen LogP contribution in [0.25, 0.3) is 0 Å². The molecule has 1 aliphatic rings. The molecular weight excluding hydrogens is 340 g/mol. The average Bonchev–Trinajstić information content (AvgIpc) is 2.87. The summed E-state index contributed by atoms with van der Waals surface area (Å²) >= 11 is 6.20. The van der Waals surface area contributed by atoms with E-state index in [1.54, 1.807) is 0 Å². The number of nitrogen functional groups attached to an aromatic ring is 1. The number of nitrogens with two attached hydrogens (primary N) is 1. The lowest BCUT2D eigenvalue weighted by molar-refractivity contribution is 0.379. The van der Waals surface area contributed by atoms with Gasteiger partial charge in [-0.05, 0) is 19.1 Å². The number of anilines is 2. The average molecular weight is 357 g/mol. The smallest absolute Gasteiger partial charge is 0.250 e. The van der Waals surface area contributed by atoms with E-state index in [9.17, 15) is 8.42 Å². The largest absolute Gasteiger partial charge is 0.380 e. The summed E-state index contributed by atoms with van der Waals surface area (Å²) in [7, 11) is -3.70. The fourth-order valence-electron chi connectivity index (χ4n) is 2.70. The van der Waals surface area contributed by atoms with Crippen LogP contribution in [0.5, 0.6) is 0 Å². The van der Waals surface area contributed by atoms with E-state index < -0.39 is 10.0 Å². The normalized spacial score (nSPS) is 16.7. The molecule has 0 unspecified atom stereocenters. The van der Waals surface area contributed by atoms with Crippen molar-refractivity contribution >= 4 is 33.1 Å². The van der Waals surface area contributed by atoms with Crippen LogP contribution in [0.2, 0.25) is 5.02 Å². The molecule has 3 rings (SSSR count). The third-order valence-corrected chi connectivity index (χ3v) is 6.24. The van der Waals surface area contributed by atoms with E-state index in [2.05, 4.69) is 10.1 Å². The molecule has 2 aromatic rings. The second kappa shape index (κ2) is 6.03. The summed E-state index contributed by atoms with van der Waals surface area (Å²) in [5.74, 6) is 0.104. The van der Waals surface area contributed by atoms with Gasteiger partial charge < -0.3 is 15.2 Å². The van der Waals surface area contributed by atoms with Crippen LogP contribution in [-0.2, 0) is 10.0 Å². The Morgan fingerprint density at radius 3 is 2.43 bits per heavy atom. The lowest BCUT2D eigenvalue weighted by Gasteiger charge is -2.35. The fourth-order valence-corrected chi connectivity index (χ4v) is 4.56. The molecular formula is C14H17ClN4O3S. The predicted molar refractivity (Wildman–Crippen MR) is 88.1 cm³/mol. The molecule has 0 spiro atoms. The summed E-state index contributed by atoms with van der Waals surface area (Å²) < 4.78 is 31.7. The van der Waals surface area contributed by atoms with E-state index in [-0.39, 0.29) is 16.5 Å². The highest BCUT2D eigenvalue weighted by molar-refractivity contribution is 7.89. The molecule has 1 aliphatic heterocycles. The van der Waals surface area contributed by atoms with Gasteiger partial charge in [0.15, 0.2) is 16.5 Å². The Labute approximate surface area is 139 Å². The molecule has 0 bridgehead atoms. The van der Waals surface area contributed by atoms with Gasteiger partial charge in [-0.2, -0.15) is 4.31 Å². The summed E-state index contributed by atoms with van der Waals surface area (Å²) in [6.07, 6.45) is 0. The van der Waals surface area contributed by atoms with Crippen molar-refractivity contribution in [1.29, 1.82) is 0 Å². The van der Waals surface area contributed by atoms with Crippen LogP contribution in [0.4, 0.5) is 11.5 Å². The molecule has 1 saturated heterocycles. The number of piperazine rings is 1. The standard InChI is InChI=1S/C14H17ClN4O3S/c1-10-13(14(16)17-22-10)23(20,21)19-8-6-18(7-9-19)12-5-3-2-4-11(12)15/h2-5H,6-9H2,1H3,(H2,16,17). The second-order valence-corrected chi connectivity index (χ2v) is 7.58. The minimum atomic E-state index is -3.70. The third kappa shape index (κ3) is 2.89. The highest BCUT2D eigenvalue weighted by atomic mass is 35.5. The van der Waals surface area contributed by atoms with Gasteiger partial charge in [0.05, 0.1) is 10.7 Å². The van der Waals surface area contributed by atoms with Crippen molar-refractivity contribution in [3.05, 3.63) is 35.0 Å². The molecule has 23 heavy (non-hydrogen) atoms. The second-order valence-electron chi connectivity index (χ2n) is 5.30. The number of hydrogen-bond acceptors (Lipinski definition) is 6. The van der Waals surface area contributed by atoms with Gasteiger partial charge in [0, 0.05) is 26.2 Å². The van der Waals surface area contributed by atoms with Gasteiger partial charge in [0.2, 0.25) is 10.0 Å². The summed E-state index contributed by atoms with van der Waals surface area (Å²) in [5.41, 5.74) is 6.54. The van der Waals surface area contributed by atoms with E-state index in [4.69, 9.17) is 21.9 Å². The van der Waals surface area contributed by atoms with Gasteiger partial charge >= 0.3 is 0 Å². The van der Waals surface area contributed by atoms with Crippen molar-refractivity contribution in [3.63, 3.8) is 0 Å². The number of aryl methyl sites for hydroxylation is 1. The monoisotopic (exact) mass is 356 g/mol. The van der Waals surface area contributed by atoms with Gasteiger partial charge in [-0.1, -0.05) is 28.9 Å². The van der Waals surface area contributed by atoms with E-state index in [1.165, 1.54) is 11.2 Å². The maximum Gasteiger partial charge on any atom is 0.250 e. The molecule has 0 atom stereocenters. The van der Waals surface area contributed by atoms with Crippen LogP contribution >= 0.6 is 11.6 Å². The molecule has 2 heterocycles. The van der Waals surface area contributed by atoms with Gasteiger partial charge in [-0.25, -0.2) is 8.42 Å². The van der Waals surface area contributed by atoms with Gasteiger partial charge in [-0.3, -0.25) is 0 Å². The van der Waals surface area contributed by atoms with Crippen molar-refractivity contribution in [1.82, 2.24) is 9.46 Å². The van der Waals surface area contributed by atoms with Crippen molar-refractivity contribution < 1.29 is 12.9 Å². The third-order valence-electron chi connectivity index (χ3n) is 3.86. The number of rotatable bonds is 3. The molecule has 1 aromatic carbocycles. The molecule has 1 fully saturated rings. The first-order valence-electron chi connectivity index (χ1n) is 7.12. The van der Waals surface area contributed by atoms with E-state index in [0.717, 1.165) is 5.69 Å². The number of benzene rings is 1. The van der Waals surface area contributed by atoms with Gasteiger partial charge in [-0.15, -0.1) is 0 Å². The van der Waals surface area contributed by atoms with Crippen LogP contribution in [0, 0.1) is 6.92 Å². The number of nitrogens with zero attached hydrogens (tertiary/aromatic N) is 3. The first-order valence-corrected chi connectivity index (χ1v) is 8.94. The zero-order valence-electron chi connectivity index (χ0n) is 12.6. The fraction of sp³-hybridized carbons (Fsp3) is 0.357. The van der Waals surface area contributed by atoms with Gasteiger partial charge in [0.1, 0.15) is 0 Å². The Morgan fingerprint density at radius 1 is 1.22 bits per heavy atom. The lowest BCUT2D eigenvalue weighted by atomic mass is 10.2. The number of halogens is 1. The predicted octanol–water partition coefficient (Wildman–Crippen LogP) is 1.73. The highest BCUT2D eigenvalue weighted by Gasteiger charge is 2.34. The zero-order chi connectivity index (χ0) is 16.6. The van der Waals surface area contributed by atoms with Crippen molar-refractivity contribution in [2.24, 2.45) is 0 Å². The topological polar surface area (TPSA) is 92.7 Å². The lowest BCUT2D eigenvalue weighted by Crippen LogP contribution is -2.48. The molecule has 0 radical (unpaired) electrons. The van der Waals surface area contributed by atoms with Crippen LogP contribution in [0.1, 0.15) is 5.76 Å². The Bertz CT molecular complexity index is 794. The van der Waals surface area contributed by atoms with Crippen LogP contribution in [-0.4, -0.2) is 44.1 Å². The number of sulfonamides is 1. The quantitative estimate of drug-likeness (QED) is 0.900. The summed E-state index contributed by atoms with van der Waals surface area (Å²) in [5, 5.41) is 4.18. The molecule has 2 N–H and O–H groups in total. The molecule has 9 heteroatoms. The van der Waals surface area contributed by atoms with Gasteiger partial charge in [0.25, 0.3) is 0 Å². The number of aromatic nitrogens is 1. The van der Waals surface area contributed by atoms with Crippen LogP contribution < -0.4 is 10.6 Å². The van der Waals surface area contributed by atoms with Crippen LogP contribution in [0.15, 0.2) is 33.7 Å². The summed E-state index contributed by atoms with van der Waals surface area (Å²) in [6.45, 7) is 3.33. The van der Waals surface area contributed by atoms with E-state index in [1.807, 2.05) is 24.3 Å². The molecule has 0 amide bonds. The minimum absolute atomic E-state index is 0.0382. The minimum Gasteiger partial charge on any atom is -0.380 e. The highest BCUT2D eigenvalue weighted by Crippen LogP contribution is 2.29. The summed E-state index contributed by atoms with van der Waals surface area (Å²) in [6, 6.07) is 7.52. The van der Waals surface area contributed by atoms with E-state index >= 15 is 0 Å². The maximum atomic E-state index is 12.7. The van der Waals surface area contributed by atoms with Crippen molar-refractivity contribution in [2.45, 2.75) is 11.8 Å². The molecule has 0 aliphatic carbocycles. The van der Waals surface area contributed by atoms with Crippen LogP contribution in [0.3, 0.4) is 0 Å². The van der Waals surface area contributed by atoms with E-state index in [0.29, 0.717) is 31.2 Å². The SMILES string of the molecule is Cc1onc(N)c1S(=O)(=O)N1CCN(c2ccccc2Cl)CC1. The van der Waals surface area contributed by atoms with Crippen molar-refractivity contribution in [2.75, 3.05) is 36.8 Å². The molecule has 124 valence electrons. The molecule has 0 saturated carbocycles. The maximum absolute atomic E-state index is 12.7. The first-order chi connectivity index (χ1) is 10.9. The Balaban J connectivity index is 1.78.